The highest BCUT2D eigenvalue weighted by Gasteiger charge is 2.18. The maximum absolute atomic E-state index is 12.0. The van der Waals surface area contributed by atoms with Gasteiger partial charge in [0.25, 0.3) is 5.91 Å². The van der Waals surface area contributed by atoms with Gasteiger partial charge in [-0.05, 0) is 25.1 Å². The van der Waals surface area contributed by atoms with Crippen molar-refractivity contribution in [1.29, 1.82) is 0 Å². The van der Waals surface area contributed by atoms with Crippen LogP contribution in [0, 0.1) is 6.92 Å². The van der Waals surface area contributed by atoms with Crippen molar-refractivity contribution in [3.05, 3.63) is 41.3 Å². The van der Waals surface area contributed by atoms with Gasteiger partial charge in [0.2, 0.25) is 0 Å². The van der Waals surface area contributed by atoms with Crippen LogP contribution in [0.3, 0.4) is 0 Å². The third kappa shape index (κ3) is 2.86. The van der Waals surface area contributed by atoms with E-state index in [-0.39, 0.29) is 19.1 Å². The number of esters is 1. The number of benzene rings is 1. The molecule has 1 aliphatic rings. The number of aryl methyl sites for hydroxylation is 1. The molecule has 1 aromatic carbocycles. The molecule has 7 nitrogen and oxygen atoms in total. The summed E-state index contributed by atoms with van der Waals surface area (Å²) in [5.74, 6) is 0.374. The van der Waals surface area contributed by atoms with Crippen LogP contribution >= 0.6 is 0 Å². The van der Waals surface area contributed by atoms with Crippen LogP contribution in [-0.4, -0.2) is 23.6 Å². The molecule has 108 valence electrons. The Morgan fingerprint density at radius 1 is 1.43 bits per heavy atom. The van der Waals surface area contributed by atoms with Gasteiger partial charge in [-0.15, -0.1) is 0 Å². The standard InChI is InChI=1S/C14H12N2O5/c1-8-4-10(16-21-8)6-20-14(18)9-2-3-11-12(5-9)19-7-13(17)15-11/h2-5H,6-7H2,1H3,(H,15,17). The largest absolute Gasteiger partial charge is 0.482 e. The van der Waals surface area contributed by atoms with Crippen LogP contribution < -0.4 is 10.1 Å². The molecular weight excluding hydrogens is 276 g/mol. The molecule has 1 aromatic heterocycles. The molecule has 0 atom stereocenters. The van der Waals surface area contributed by atoms with Gasteiger partial charge in [-0.3, -0.25) is 4.79 Å². The van der Waals surface area contributed by atoms with Gasteiger partial charge in [0.15, 0.2) is 6.61 Å². The van der Waals surface area contributed by atoms with Crippen molar-refractivity contribution in [3.8, 4) is 5.75 Å². The molecule has 1 aliphatic heterocycles. The summed E-state index contributed by atoms with van der Waals surface area (Å²) in [6.45, 7) is 1.72. The molecule has 7 heteroatoms. The maximum atomic E-state index is 12.0. The lowest BCUT2D eigenvalue weighted by Crippen LogP contribution is -2.25. The quantitative estimate of drug-likeness (QED) is 0.864. The van der Waals surface area contributed by atoms with E-state index in [4.69, 9.17) is 14.0 Å². The summed E-state index contributed by atoms with van der Waals surface area (Å²) < 4.78 is 15.3. The lowest BCUT2D eigenvalue weighted by atomic mass is 10.1. The van der Waals surface area contributed by atoms with Gasteiger partial charge in [-0.1, -0.05) is 5.16 Å². The first kappa shape index (κ1) is 13.2. The number of nitrogens with one attached hydrogen (secondary N) is 1. The highest BCUT2D eigenvalue weighted by Crippen LogP contribution is 2.28. The van der Waals surface area contributed by atoms with E-state index in [2.05, 4.69) is 10.5 Å². The van der Waals surface area contributed by atoms with E-state index in [0.717, 1.165) is 0 Å². The van der Waals surface area contributed by atoms with Crippen LogP contribution in [0.5, 0.6) is 5.75 Å². The molecule has 2 heterocycles. The van der Waals surface area contributed by atoms with Gasteiger partial charge in [0.05, 0.1) is 11.3 Å². The lowest BCUT2D eigenvalue weighted by molar-refractivity contribution is -0.118. The van der Waals surface area contributed by atoms with Crippen LogP contribution in [0.1, 0.15) is 21.8 Å². The average Bonchev–Trinajstić information content (AvgIpc) is 2.90. The Balaban J connectivity index is 1.69. The fraction of sp³-hybridized carbons (Fsp3) is 0.214. The molecule has 0 aliphatic carbocycles. The second-order valence-corrected chi connectivity index (χ2v) is 4.55. The number of hydrogen-bond acceptors (Lipinski definition) is 6. The van der Waals surface area contributed by atoms with Crippen LogP contribution in [0.4, 0.5) is 5.69 Å². The predicted octanol–water partition coefficient (Wildman–Crippen LogP) is 1.67. The van der Waals surface area contributed by atoms with Gasteiger partial charge < -0.3 is 19.3 Å². The third-order valence-electron chi connectivity index (χ3n) is 2.88. The molecule has 0 spiro atoms. The van der Waals surface area contributed by atoms with Crippen LogP contribution in [-0.2, 0) is 16.1 Å². The fourth-order valence-corrected chi connectivity index (χ4v) is 1.91. The van der Waals surface area contributed by atoms with E-state index in [1.165, 1.54) is 6.07 Å². The van der Waals surface area contributed by atoms with Crippen LogP contribution in [0.25, 0.3) is 0 Å². The number of ether oxygens (including phenoxy) is 2. The molecule has 21 heavy (non-hydrogen) atoms. The van der Waals surface area contributed by atoms with Crippen molar-refractivity contribution in [3.63, 3.8) is 0 Å². The van der Waals surface area contributed by atoms with Crippen molar-refractivity contribution in [2.45, 2.75) is 13.5 Å². The first-order valence-corrected chi connectivity index (χ1v) is 6.28. The van der Waals surface area contributed by atoms with Gasteiger partial charge in [-0.25, -0.2) is 4.79 Å². The highest BCUT2D eigenvalue weighted by atomic mass is 16.5. The highest BCUT2D eigenvalue weighted by molar-refractivity contribution is 5.97. The molecule has 0 saturated heterocycles. The van der Waals surface area contributed by atoms with E-state index in [1.807, 2.05) is 0 Å². The second kappa shape index (κ2) is 5.28. The lowest BCUT2D eigenvalue weighted by Gasteiger charge is -2.18. The number of fused-ring (bicyclic) bond motifs is 1. The van der Waals surface area contributed by atoms with E-state index < -0.39 is 5.97 Å². The number of carbonyl (C=O) groups is 2. The Morgan fingerprint density at radius 3 is 3.05 bits per heavy atom. The smallest absolute Gasteiger partial charge is 0.338 e. The number of carbonyl (C=O) groups excluding carboxylic acids is 2. The summed E-state index contributed by atoms with van der Waals surface area (Å²) in [4.78, 5) is 23.1. The van der Waals surface area contributed by atoms with Crippen LogP contribution in [0.15, 0.2) is 28.8 Å². The zero-order chi connectivity index (χ0) is 14.8. The molecule has 0 radical (unpaired) electrons. The minimum Gasteiger partial charge on any atom is -0.482 e. The minimum absolute atomic E-state index is 0.0326. The summed E-state index contributed by atoms with van der Waals surface area (Å²) in [6.07, 6.45) is 0. The molecule has 0 saturated carbocycles. The summed E-state index contributed by atoms with van der Waals surface area (Å²) in [6, 6.07) is 6.39. The van der Waals surface area contributed by atoms with Crippen molar-refractivity contribution in [2.75, 3.05) is 11.9 Å². The molecule has 3 rings (SSSR count). The molecule has 1 amide bonds. The second-order valence-electron chi connectivity index (χ2n) is 4.55. The zero-order valence-electron chi connectivity index (χ0n) is 11.2. The topological polar surface area (TPSA) is 90.7 Å². The van der Waals surface area contributed by atoms with Gasteiger partial charge in [0.1, 0.15) is 23.8 Å². The summed E-state index contributed by atoms with van der Waals surface area (Å²) in [7, 11) is 0. The van der Waals surface area contributed by atoms with E-state index in [9.17, 15) is 9.59 Å². The molecule has 0 bridgehead atoms. The molecule has 2 aromatic rings. The van der Waals surface area contributed by atoms with Gasteiger partial charge >= 0.3 is 5.97 Å². The number of hydrogen-bond donors (Lipinski definition) is 1. The summed E-state index contributed by atoms with van der Waals surface area (Å²) in [5, 5.41) is 6.38. The van der Waals surface area contributed by atoms with E-state index in [1.54, 1.807) is 25.1 Å². The van der Waals surface area contributed by atoms with Crippen molar-refractivity contribution in [1.82, 2.24) is 5.16 Å². The predicted molar refractivity (Wildman–Crippen MR) is 70.9 cm³/mol. The molecule has 1 N–H and O–H groups in total. The Hall–Kier alpha value is -2.83. The van der Waals surface area contributed by atoms with E-state index in [0.29, 0.717) is 28.5 Å². The number of amides is 1. The first-order valence-electron chi connectivity index (χ1n) is 6.28. The normalized spacial score (nSPS) is 13.1. The number of rotatable bonds is 3. The number of anilines is 1. The van der Waals surface area contributed by atoms with Crippen molar-refractivity contribution >= 4 is 17.6 Å². The van der Waals surface area contributed by atoms with Gasteiger partial charge in [0, 0.05) is 6.07 Å². The van der Waals surface area contributed by atoms with Crippen LogP contribution in [0.2, 0.25) is 0 Å². The summed E-state index contributed by atoms with van der Waals surface area (Å²) >= 11 is 0. The monoisotopic (exact) mass is 288 g/mol. The Morgan fingerprint density at radius 2 is 2.29 bits per heavy atom. The first-order chi connectivity index (χ1) is 10.1. The fourth-order valence-electron chi connectivity index (χ4n) is 1.91. The summed E-state index contributed by atoms with van der Waals surface area (Å²) in [5.41, 5.74) is 1.42. The van der Waals surface area contributed by atoms with Gasteiger partial charge in [-0.2, -0.15) is 0 Å². The van der Waals surface area contributed by atoms with Crippen molar-refractivity contribution < 1.29 is 23.6 Å². The SMILES string of the molecule is Cc1cc(COC(=O)c2ccc3c(c2)OCC(=O)N3)no1. The third-order valence-corrected chi connectivity index (χ3v) is 2.88. The zero-order valence-corrected chi connectivity index (χ0v) is 11.2. The molecule has 0 fully saturated rings. The van der Waals surface area contributed by atoms with Crippen molar-refractivity contribution in [2.24, 2.45) is 0 Å². The Bertz CT molecular complexity index is 707. The Kier molecular flexibility index (Phi) is 3.31. The Labute approximate surface area is 119 Å². The molecular formula is C14H12N2O5. The number of aromatic nitrogens is 1. The maximum Gasteiger partial charge on any atom is 0.338 e. The molecule has 0 unspecified atom stereocenters. The number of nitrogens with zero attached hydrogens (tertiary/aromatic N) is 1. The van der Waals surface area contributed by atoms with E-state index >= 15 is 0 Å². The average molecular weight is 288 g/mol. The minimum atomic E-state index is -0.501.